The van der Waals surface area contributed by atoms with E-state index in [2.05, 4.69) is 21.6 Å². The summed E-state index contributed by atoms with van der Waals surface area (Å²) in [6.07, 6.45) is 8.47. The topological polar surface area (TPSA) is 76.6 Å². The molecule has 6 nitrogen and oxygen atoms in total. The molecule has 0 N–H and O–H groups in total. The number of nitriles is 1. The van der Waals surface area contributed by atoms with E-state index in [0.29, 0.717) is 12.5 Å². The van der Waals surface area contributed by atoms with Gasteiger partial charge in [-0.3, -0.25) is 0 Å². The Hall–Kier alpha value is -1.13. The largest absolute Gasteiger partial charge is 0.376 e. The van der Waals surface area contributed by atoms with Crippen molar-refractivity contribution in [1.29, 1.82) is 5.26 Å². The fourth-order valence-electron chi connectivity index (χ4n) is 3.16. The highest BCUT2D eigenvalue weighted by Crippen LogP contribution is 2.35. The number of ether oxygens (including phenoxy) is 1. The molecule has 2 atom stereocenters. The van der Waals surface area contributed by atoms with Gasteiger partial charge in [0.25, 0.3) is 0 Å². The average Bonchev–Trinajstić information content (AvgIpc) is 3.18. The molecule has 0 aromatic carbocycles. The van der Waals surface area contributed by atoms with Gasteiger partial charge in [-0.15, -0.1) is 5.10 Å². The monoisotopic (exact) mass is 307 g/mol. The quantitative estimate of drug-likeness (QED) is 0.778. The second-order valence-electron chi connectivity index (χ2n) is 5.84. The van der Waals surface area contributed by atoms with Crippen LogP contribution in [0.25, 0.3) is 0 Å². The normalized spacial score (nSPS) is 24.8. The third kappa shape index (κ3) is 3.74. The first kappa shape index (κ1) is 14.8. The fraction of sp³-hybridized carbons (Fsp3) is 0.857. The average molecular weight is 307 g/mol. The number of aromatic nitrogens is 4. The minimum Gasteiger partial charge on any atom is -0.376 e. The second kappa shape index (κ2) is 7.23. The van der Waals surface area contributed by atoms with E-state index in [1.165, 1.54) is 31.0 Å². The molecule has 114 valence electrons. The summed E-state index contributed by atoms with van der Waals surface area (Å²) in [6, 6.07) is 2.45. The first-order chi connectivity index (χ1) is 10.4. The molecule has 3 rings (SSSR count). The van der Waals surface area contributed by atoms with E-state index in [1.807, 2.05) is 0 Å². The fourth-order valence-corrected chi connectivity index (χ4v) is 4.22. The van der Waals surface area contributed by atoms with E-state index in [0.717, 1.165) is 37.4 Å². The first-order valence-corrected chi connectivity index (χ1v) is 8.69. The third-order valence-electron chi connectivity index (χ3n) is 4.34. The molecule has 1 aromatic heterocycles. The van der Waals surface area contributed by atoms with E-state index >= 15 is 0 Å². The van der Waals surface area contributed by atoms with Crippen LogP contribution in [-0.4, -0.2) is 38.2 Å². The van der Waals surface area contributed by atoms with Crippen LogP contribution >= 0.6 is 11.8 Å². The second-order valence-corrected chi connectivity index (χ2v) is 6.95. The lowest BCUT2D eigenvalue weighted by Gasteiger charge is -2.24. The van der Waals surface area contributed by atoms with Gasteiger partial charge in [0, 0.05) is 6.61 Å². The van der Waals surface area contributed by atoms with Crippen molar-refractivity contribution in [3.63, 3.8) is 0 Å². The summed E-state index contributed by atoms with van der Waals surface area (Å²) in [6.45, 7) is 1.52. The zero-order chi connectivity index (χ0) is 14.5. The zero-order valence-corrected chi connectivity index (χ0v) is 13.0. The minimum atomic E-state index is -0.0421. The number of thioether (sulfide) groups is 1. The summed E-state index contributed by atoms with van der Waals surface area (Å²) < 4.78 is 7.44. The Bertz CT molecular complexity index is 488. The van der Waals surface area contributed by atoms with Crippen molar-refractivity contribution in [2.45, 2.75) is 68.0 Å². The van der Waals surface area contributed by atoms with Crippen LogP contribution in [0.15, 0.2) is 5.16 Å². The molecule has 0 amide bonds. The van der Waals surface area contributed by atoms with Crippen LogP contribution in [0.3, 0.4) is 0 Å². The lowest BCUT2D eigenvalue weighted by atomic mass is 9.87. The Balaban J connectivity index is 1.63. The number of hydrogen-bond acceptors (Lipinski definition) is 6. The summed E-state index contributed by atoms with van der Waals surface area (Å²) in [5.74, 6) is 0.474. The van der Waals surface area contributed by atoms with Crippen molar-refractivity contribution in [2.24, 2.45) is 5.92 Å². The van der Waals surface area contributed by atoms with Crippen molar-refractivity contribution in [1.82, 2.24) is 20.2 Å². The molecule has 2 heterocycles. The Labute approximate surface area is 129 Å². The van der Waals surface area contributed by atoms with E-state index in [4.69, 9.17) is 4.74 Å². The van der Waals surface area contributed by atoms with Crippen molar-refractivity contribution in [3.05, 3.63) is 0 Å². The van der Waals surface area contributed by atoms with Gasteiger partial charge >= 0.3 is 0 Å². The Morgan fingerprint density at radius 2 is 2.14 bits per heavy atom. The molecule has 2 unspecified atom stereocenters. The van der Waals surface area contributed by atoms with Crippen LogP contribution in [0.5, 0.6) is 0 Å². The van der Waals surface area contributed by atoms with Crippen molar-refractivity contribution in [2.75, 3.05) is 6.61 Å². The minimum absolute atomic E-state index is 0.0421. The number of rotatable bonds is 5. The van der Waals surface area contributed by atoms with E-state index in [9.17, 15) is 5.26 Å². The molecule has 7 heteroatoms. The smallest absolute Gasteiger partial charge is 0.210 e. The highest BCUT2D eigenvalue weighted by atomic mass is 32.2. The van der Waals surface area contributed by atoms with Crippen LogP contribution < -0.4 is 0 Å². The first-order valence-electron chi connectivity index (χ1n) is 7.81. The molecule has 2 fully saturated rings. The van der Waals surface area contributed by atoms with Crippen LogP contribution in [0.2, 0.25) is 0 Å². The van der Waals surface area contributed by atoms with Crippen LogP contribution in [0.1, 0.15) is 44.9 Å². The molecule has 0 radical (unpaired) electrons. The highest BCUT2D eigenvalue weighted by Gasteiger charge is 2.27. The predicted octanol–water partition coefficient (Wildman–Crippen LogP) is 2.42. The van der Waals surface area contributed by atoms with Crippen LogP contribution in [-0.2, 0) is 11.3 Å². The standard InChI is InChI=1S/C14H21N5OS/c15-9-13(11-5-2-1-3-6-11)21-14-16-17-18-19(14)10-12-7-4-8-20-12/h11-13H,1-8,10H2. The number of nitrogens with zero attached hydrogens (tertiary/aromatic N) is 5. The van der Waals surface area contributed by atoms with Gasteiger partial charge in [-0.1, -0.05) is 31.0 Å². The van der Waals surface area contributed by atoms with Gasteiger partial charge in [0.05, 0.1) is 18.7 Å². The molecular weight excluding hydrogens is 286 g/mol. The summed E-state index contributed by atoms with van der Waals surface area (Å²) in [5, 5.41) is 22.1. The summed E-state index contributed by atoms with van der Waals surface area (Å²) in [5.41, 5.74) is 0. The highest BCUT2D eigenvalue weighted by molar-refractivity contribution is 8.00. The van der Waals surface area contributed by atoms with Crippen LogP contribution in [0, 0.1) is 17.2 Å². The van der Waals surface area contributed by atoms with Gasteiger partial charge < -0.3 is 4.74 Å². The van der Waals surface area contributed by atoms with Gasteiger partial charge in [0.1, 0.15) is 5.25 Å². The van der Waals surface area contributed by atoms with E-state index in [1.54, 1.807) is 4.68 Å². The third-order valence-corrected chi connectivity index (χ3v) is 5.58. The SMILES string of the molecule is N#CC(Sc1nnnn1CC1CCCO1)C1CCCCC1. The van der Waals surface area contributed by atoms with Gasteiger partial charge in [0.15, 0.2) is 0 Å². The van der Waals surface area contributed by atoms with Crippen LogP contribution in [0.4, 0.5) is 0 Å². The summed E-state index contributed by atoms with van der Waals surface area (Å²) >= 11 is 1.52. The van der Waals surface area contributed by atoms with Crippen molar-refractivity contribution < 1.29 is 4.74 Å². The predicted molar refractivity (Wildman–Crippen MR) is 78.6 cm³/mol. The lowest BCUT2D eigenvalue weighted by molar-refractivity contribution is 0.0911. The maximum absolute atomic E-state index is 9.48. The summed E-state index contributed by atoms with van der Waals surface area (Å²) in [4.78, 5) is 0. The van der Waals surface area contributed by atoms with Gasteiger partial charge in [-0.2, -0.15) is 5.26 Å². The van der Waals surface area contributed by atoms with E-state index < -0.39 is 0 Å². The number of hydrogen-bond donors (Lipinski definition) is 0. The Morgan fingerprint density at radius 1 is 1.29 bits per heavy atom. The molecule has 1 saturated carbocycles. The number of tetrazole rings is 1. The van der Waals surface area contributed by atoms with Gasteiger partial charge in [-0.05, 0) is 42.0 Å². The molecular formula is C14H21N5OS. The molecule has 0 bridgehead atoms. The molecule has 2 aliphatic rings. The molecule has 21 heavy (non-hydrogen) atoms. The Morgan fingerprint density at radius 3 is 2.86 bits per heavy atom. The summed E-state index contributed by atoms with van der Waals surface area (Å²) in [7, 11) is 0. The molecule has 1 aliphatic carbocycles. The van der Waals surface area contributed by atoms with Gasteiger partial charge in [0.2, 0.25) is 5.16 Å². The molecule has 1 aliphatic heterocycles. The molecule has 1 saturated heterocycles. The van der Waals surface area contributed by atoms with E-state index in [-0.39, 0.29) is 11.4 Å². The molecule has 1 aromatic rings. The Kier molecular flexibility index (Phi) is 5.09. The molecule has 0 spiro atoms. The van der Waals surface area contributed by atoms with Crippen molar-refractivity contribution in [3.8, 4) is 6.07 Å². The van der Waals surface area contributed by atoms with Crippen molar-refractivity contribution >= 4 is 11.8 Å². The van der Waals surface area contributed by atoms with Gasteiger partial charge in [-0.25, -0.2) is 4.68 Å². The lowest BCUT2D eigenvalue weighted by Crippen LogP contribution is -2.21. The maximum atomic E-state index is 9.48. The zero-order valence-electron chi connectivity index (χ0n) is 12.1. The maximum Gasteiger partial charge on any atom is 0.210 e.